The number of nitrogens with one attached hydrogen (secondary N) is 2. The van der Waals surface area contributed by atoms with Gasteiger partial charge in [0.05, 0.1) is 5.69 Å². The van der Waals surface area contributed by atoms with Crippen LogP contribution in [-0.2, 0) is 4.79 Å². The molecule has 4 rings (SSSR count). The first kappa shape index (κ1) is 18.8. The molecule has 0 fully saturated rings. The molecular formula is C21H19N5O2S. The molecule has 0 saturated carbocycles. The molecule has 8 heteroatoms. The maximum Gasteiger partial charge on any atom is 0.258 e. The van der Waals surface area contributed by atoms with Gasteiger partial charge in [0.25, 0.3) is 11.9 Å². The molecule has 0 bridgehead atoms. The van der Waals surface area contributed by atoms with Crippen molar-refractivity contribution in [2.75, 3.05) is 10.6 Å². The lowest BCUT2D eigenvalue weighted by molar-refractivity contribution is -0.114. The minimum atomic E-state index is -0.344. The summed E-state index contributed by atoms with van der Waals surface area (Å²) in [6.45, 7) is 5.54. The molecule has 0 aliphatic rings. The van der Waals surface area contributed by atoms with Gasteiger partial charge in [0.2, 0.25) is 10.9 Å². The molecule has 4 aromatic rings. The first-order valence-corrected chi connectivity index (χ1v) is 9.89. The van der Waals surface area contributed by atoms with Gasteiger partial charge in [-0.1, -0.05) is 29.8 Å². The van der Waals surface area contributed by atoms with Gasteiger partial charge in [0.1, 0.15) is 0 Å². The Balaban J connectivity index is 1.60. The minimum absolute atomic E-state index is 0.197. The van der Waals surface area contributed by atoms with Crippen molar-refractivity contribution in [3.63, 3.8) is 0 Å². The zero-order valence-electron chi connectivity index (χ0n) is 16.2. The normalized spacial score (nSPS) is 10.9. The van der Waals surface area contributed by atoms with Crippen LogP contribution in [0.15, 0.2) is 47.8 Å². The number of anilines is 2. The van der Waals surface area contributed by atoms with Crippen molar-refractivity contribution in [1.29, 1.82) is 0 Å². The predicted molar refractivity (Wildman–Crippen MR) is 114 cm³/mol. The van der Waals surface area contributed by atoms with Crippen LogP contribution in [0.3, 0.4) is 0 Å². The molecule has 2 aromatic heterocycles. The second-order valence-electron chi connectivity index (χ2n) is 6.79. The van der Waals surface area contributed by atoms with Gasteiger partial charge in [-0.3, -0.25) is 14.9 Å². The summed E-state index contributed by atoms with van der Waals surface area (Å²) in [5.74, 6) is -0.307. The van der Waals surface area contributed by atoms with Crippen molar-refractivity contribution < 1.29 is 9.59 Å². The Bertz CT molecular complexity index is 1240. The molecule has 0 atom stereocenters. The number of thiazole rings is 1. The monoisotopic (exact) mass is 405 g/mol. The predicted octanol–water partition coefficient (Wildman–Crippen LogP) is 4.29. The van der Waals surface area contributed by atoms with E-state index in [0.29, 0.717) is 16.2 Å². The fourth-order valence-corrected chi connectivity index (χ4v) is 3.96. The lowest BCUT2D eigenvalue weighted by Crippen LogP contribution is -2.14. The van der Waals surface area contributed by atoms with E-state index >= 15 is 0 Å². The smallest absolute Gasteiger partial charge is 0.258 e. The van der Waals surface area contributed by atoms with E-state index in [0.717, 1.165) is 16.8 Å². The first-order chi connectivity index (χ1) is 13.9. The number of aromatic nitrogens is 3. The Kier molecular flexibility index (Phi) is 4.85. The highest BCUT2D eigenvalue weighted by molar-refractivity contribution is 7.15. The quantitative estimate of drug-likeness (QED) is 0.530. The van der Waals surface area contributed by atoms with Crippen LogP contribution in [0.25, 0.3) is 16.2 Å². The molecule has 2 heterocycles. The van der Waals surface area contributed by atoms with E-state index in [-0.39, 0.29) is 17.8 Å². The highest BCUT2D eigenvalue weighted by atomic mass is 32.1. The van der Waals surface area contributed by atoms with Gasteiger partial charge >= 0.3 is 0 Å². The summed E-state index contributed by atoms with van der Waals surface area (Å²) in [4.78, 5) is 28.9. The SMILES string of the molecule is CC(=O)Nc1cccc(C(=O)Nc2nc3scc(-c4ccc(C)cc4C)n3n2)c1. The van der Waals surface area contributed by atoms with Crippen LogP contribution in [0, 0.1) is 13.8 Å². The summed E-state index contributed by atoms with van der Waals surface area (Å²) < 4.78 is 1.74. The number of hydrogen-bond donors (Lipinski definition) is 2. The van der Waals surface area contributed by atoms with Crippen LogP contribution in [0.2, 0.25) is 0 Å². The van der Waals surface area contributed by atoms with E-state index in [1.807, 2.05) is 5.38 Å². The van der Waals surface area contributed by atoms with E-state index < -0.39 is 0 Å². The number of benzene rings is 2. The fourth-order valence-electron chi connectivity index (χ4n) is 3.14. The molecule has 0 saturated heterocycles. The van der Waals surface area contributed by atoms with Crippen LogP contribution < -0.4 is 10.6 Å². The molecule has 0 spiro atoms. The van der Waals surface area contributed by atoms with E-state index in [4.69, 9.17) is 0 Å². The highest BCUT2D eigenvalue weighted by Gasteiger charge is 2.15. The minimum Gasteiger partial charge on any atom is -0.326 e. The molecule has 146 valence electrons. The zero-order chi connectivity index (χ0) is 20.5. The average molecular weight is 405 g/mol. The van der Waals surface area contributed by atoms with Crippen LogP contribution in [0.5, 0.6) is 0 Å². The van der Waals surface area contributed by atoms with E-state index in [1.165, 1.54) is 23.8 Å². The second kappa shape index (κ2) is 7.48. The summed E-state index contributed by atoms with van der Waals surface area (Å²) in [5, 5.41) is 11.9. The summed E-state index contributed by atoms with van der Waals surface area (Å²) in [7, 11) is 0. The van der Waals surface area contributed by atoms with Crippen molar-refractivity contribution in [3.8, 4) is 11.3 Å². The van der Waals surface area contributed by atoms with Crippen LogP contribution in [-0.4, -0.2) is 26.4 Å². The van der Waals surface area contributed by atoms with Gasteiger partial charge in [0.15, 0.2) is 0 Å². The molecule has 7 nitrogen and oxygen atoms in total. The van der Waals surface area contributed by atoms with E-state index in [9.17, 15) is 9.59 Å². The standard InChI is InChI=1S/C21H19N5O2S/c1-12-7-8-17(13(2)9-12)18-11-29-21-24-20(25-26(18)21)23-19(28)15-5-4-6-16(10-15)22-14(3)27/h4-11H,1-3H3,(H,22,27)(H,23,25,28). The van der Waals surface area contributed by atoms with Crippen LogP contribution in [0.1, 0.15) is 28.4 Å². The lowest BCUT2D eigenvalue weighted by atomic mass is 10.0. The molecule has 2 aromatic carbocycles. The molecule has 0 aliphatic carbocycles. The molecule has 0 unspecified atom stereocenters. The third-order valence-electron chi connectivity index (χ3n) is 4.41. The largest absolute Gasteiger partial charge is 0.326 e. The van der Waals surface area contributed by atoms with Crippen LogP contribution in [0.4, 0.5) is 11.6 Å². The van der Waals surface area contributed by atoms with Gasteiger partial charge in [-0.05, 0) is 37.6 Å². The Hall–Kier alpha value is -3.52. The number of aryl methyl sites for hydroxylation is 2. The molecule has 2 N–H and O–H groups in total. The number of carbonyl (C=O) groups excluding carboxylic acids is 2. The Labute approximate surface area is 171 Å². The summed E-state index contributed by atoms with van der Waals surface area (Å²) in [6, 6.07) is 13.0. The number of hydrogen-bond acceptors (Lipinski definition) is 5. The van der Waals surface area contributed by atoms with E-state index in [1.54, 1.807) is 28.8 Å². The lowest BCUT2D eigenvalue weighted by Gasteiger charge is -2.06. The van der Waals surface area contributed by atoms with Crippen LogP contribution >= 0.6 is 11.3 Å². The summed E-state index contributed by atoms with van der Waals surface area (Å²) in [5.41, 5.74) is 5.33. The number of fused-ring (bicyclic) bond motifs is 1. The Morgan fingerprint density at radius 1 is 1.07 bits per heavy atom. The molecule has 0 radical (unpaired) electrons. The van der Waals surface area contributed by atoms with Crippen molar-refractivity contribution in [1.82, 2.24) is 14.6 Å². The average Bonchev–Trinajstić information content (AvgIpc) is 3.22. The van der Waals surface area contributed by atoms with Crippen molar-refractivity contribution in [3.05, 3.63) is 64.5 Å². The van der Waals surface area contributed by atoms with Crippen molar-refractivity contribution in [2.45, 2.75) is 20.8 Å². The third-order valence-corrected chi connectivity index (χ3v) is 5.23. The highest BCUT2D eigenvalue weighted by Crippen LogP contribution is 2.29. The van der Waals surface area contributed by atoms with Gasteiger partial charge in [0, 0.05) is 29.1 Å². The summed E-state index contributed by atoms with van der Waals surface area (Å²) in [6.07, 6.45) is 0. The number of rotatable bonds is 4. The molecule has 29 heavy (non-hydrogen) atoms. The topological polar surface area (TPSA) is 88.4 Å². The van der Waals surface area contributed by atoms with Crippen molar-refractivity contribution >= 4 is 39.7 Å². The third kappa shape index (κ3) is 3.88. The second-order valence-corrected chi connectivity index (χ2v) is 7.62. The van der Waals surface area contributed by atoms with Gasteiger partial charge in [-0.2, -0.15) is 4.98 Å². The zero-order valence-corrected chi connectivity index (χ0v) is 17.0. The maximum atomic E-state index is 12.6. The first-order valence-electron chi connectivity index (χ1n) is 9.01. The molecule has 0 aliphatic heterocycles. The Morgan fingerprint density at radius 2 is 1.90 bits per heavy atom. The van der Waals surface area contributed by atoms with Gasteiger partial charge < -0.3 is 5.32 Å². The molecule has 2 amide bonds. The molecular weight excluding hydrogens is 386 g/mol. The number of carbonyl (C=O) groups is 2. The fraction of sp³-hybridized carbons (Fsp3) is 0.143. The van der Waals surface area contributed by atoms with Gasteiger partial charge in [-0.25, -0.2) is 4.52 Å². The Morgan fingerprint density at radius 3 is 2.66 bits per heavy atom. The number of amides is 2. The van der Waals surface area contributed by atoms with Crippen molar-refractivity contribution in [2.24, 2.45) is 0 Å². The number of nitrogens with zero attached hydrogens (tertiary/aromatic N) is 3. The van der Waals surface area contributed by atoms with E-state index in [2.05, 4.69) is 52.8 Å². The summed E-state index contributed by atoms with van der Waals surface area (Å²) >= 11 is 1.47. The van der Waals surface area contributed by atoms with Gasteiger partial charge in [-0.15, -0.1) is 16.4 Å². The maximum absolute atomic E-state index is 12.6.